The van der Waals surface area contributed by atoms with E-state index in [1.165, 1.54) is 32.4 Å². The van der Waals surface area contributed by atoms with Gasteiger partial charge in [-0.3, -0.25) is 14.1 Å². The van der Waals surface area contributed by atoms with E-state index in [9.17, 15) is 45.7 Å². The van der Waals surface area contributed by atoms with Gasteiger partial charge in [-0.2, -0.15) is 23.8 Å². The fourth-order valence-corrected chi connectivity index (χ4v) is 9.88. The Labute approximate surface area is 470 Å². The number of hydrogen-bond acceptors (Lipinski definition) is 15. The summed E-state index contributed by atoms with van der Waals surface area (Å²) < 4.78 is 77.3. The van der Waals surface area contributed by atoms with Crippen molar-refractivity contribution in [3.8, 4) is 23.0 Å². The Bertz CT molecular complexity index is 3530. The number of phenolic OH excluding ortho intramolecular Hbond substituents is 1. The van der Waals surface area contributed by atoms with Gasteiger partial charge in [-0.15, -0.1) is 5.11 Å². The van der Waals surface area contributed by atoms with Crippen LogP contribution in [0.1, 0.15) is 45.7 Å². The van der Waals surface area contributed by atoms with Crippen LogP contribution in [0.2, 0.25) is 10.0 Å². The molecule has 2 amide bonds. The molecule has 0 spiro atoms. The van der Waals surface area contributed by atoms with Crippen molar-refractivity contribution in [2.45, 2.75) is 36.5 Å². The molecule has 0 aromatic heterocycles. The van der Waals surface area contributed by atoms with Crippen molar-refractivity contribution in [3.05, 3.63) is 166 Å². The first-order valence-corrected chi connectivity index (χ1v) is 25.7. The van der Waals surface area contributed by atoms with Crippen molar-refractivity contribution in [2.75, 3.05) is 24.9 Å². The maximum absolute atomic E-state index is 13.4. The van der Waals surface area contributed by atoms with E-state index < -0.39 is 47.6 Å². The normalized spacial score (nSPS) is 11.5. The van der Waals surface area contributed by atoms with Crippen molar-refractivity contribution < 1.29 is 55.2 Å². The van der Waals surface area contributed by atoms with Gasteiger partial charge in [0.1, 0.15) is 32.2 Å². The van der Waals surface area contributed by atoms with E-state index in [1.54, 1.807) is 117 Å². The third kappa shape index (κ3) is 13.2. The minimum atomic E-state index is -4.79. The number of benzene rings is 8. The number of aromatic hydroxyl groups is 1. The number of amides is 2. The average molecular weight is 1120 g/mol. The number of ether oxygens (including phenoxy) is 2. The Kier molecular flexibility index (Phi) is 19.0. The molecule has 0 radical (unpaired) electrons. The summed E-state index contributed by atoms with van der Waals surface area (Å²) >= 11 is 12.4. The zero-order valence-electron chi connectivity index (χ0n) is 40.2. The molecule has 0 aliphatic heterocycles. The second kappa shape index (κ2) is 24.7. The van der Waals surface area contributed by atoms with Gasteiger partial charge < -0.3 is 34.9 Å². The smallest absolute Gasteiger partial charge is 0.870 e. The Balaban J connectivity index is 0.000000241. The van der Waals surface area contributed by atoms with Crippen molar-refractivity contribution in [1.29, 1.82) is 0 Å². The van der Waals surface area contributed by atoms with Gasteiger partial charge in [0.2, 0.25) is 0 Å². The molecule has 0 aliphatic carbocycles. The van der Waals surface area contributed by atoms with Gasteiger partial charge in [-0.1, -0.05) is 91.3 Å². The first-order valence-electron chi connectivity index (χ1n) is 22.1. The van der Waals surface area contributed by atoms with E-state index >= 15 is 0 Å². The molecule has 380 valence electrons. The van der Waals surface area contributed by atoms with Crippen LogP contribution in [0.4, 0.5) is 34.1 Å². The van der Waals surface area contributed by atoms with Crippen LogP contribution in [0.15, 0.2) is 164 Å². The molecular formula is C52H42CaCl2N6O12S2. The molecule has 0 heterocycles. The molecule has 0 aliphatic rings. The van der Waals surface area contributed by atoms with Crippen LogP contribution < -0.4 is 25.2 Å². The van der Waals surface area contributed by atoms with Crippen molar-refractivity contribution in [2.24, 2.45) is 20.5 Å². The molecule has 23 heteroatoms. The number of anilines is 2. The molecule has 0 atom stereocenters. The second-order valence-electron chi connectivity index (χ2n) is 15.8. The standard InChI is InChI=1S/2C26H22ClN3O6S.Ca/c2*1-3-18-21(12-13-22(23(18)27)37(33,34)35)29-30-24-19-7-5-4-6-15(19)14-20(25(24)31)26(32)28-16-8-10-17(36-2)11-9-16;/h2*4-14,31H,3H2,1-2H3,(H,28,32)(H,33,34,35);/q;;+2/p-2. The van der Waals surface area contributed by atoms with Crippen LogP contribution in [0.3, 0.4) is 0 Å². The Morgan fingerprint density at radius 1 is 0.600 bits per heavy atom. The molecule has 75 heavy (non-hydrogen) atoms. The topological polar surface area (TPSA) is 281 Å². The second-order valence-corrected chi connectivity index (χ2v) is 19.3. The average Bonchev–Trinajstić information content (AvgIpc) is 3.37. The number of hydrogen-bond donors (Lipinski definition) is 4. The summed E-state index contributed by atoms with van der Waals surface area (Å²) in [7, 11) is -6.25. The maximum atomic E-state index is 13.4. The molecule has 18 nitrogen and oxygen atoms in total. The number of fused-ring (bicyclic) bond motifs is 2. The number of rotatable bonds is 14. The summed E-state index contributed by atoms with van der Waals surface area (Å²) in [4.78, 5) is 25.1. The Hall–Kier alpha value is -6.72. The first kappa shape index (κ1) is 57.6. The van der Waals surface area contributed by atoms with Gasteiger partial charge in [0, 0.05) is 27.7 Å². The largest absolute Gasteiger partial charge is 2.00 e. The zero-order chi connectivity index (χ0) is 53.5. The minimum Gasteiger partial charge on any atom is -0.870 e. The van der Waals surface area contributed by atoms with Crippen LogP contribution in [-0.2, 0) is 33.1 Å². The van der Waals surface area contributed by atoms with E-state index in [-0.39, 0.29) is 99.4 Å². The number of methoxy groups -OCH3 is 2. The van der Waals surface area contributed by atoms with Crippen molar-refractivity contribution in [3.63, 3.8) is 0 Å². The van der Waals surface area contributed by atoms with Crippen LogP contribution >= 0.6 is 23.2 Å². The zero-order valence-corrected chi connectivity index (χ0v) is 45.5. The van der Waals surface area contributed by atoms with E-state index in [0.29, 0.717) is 56.4 Å². The number of carbonyl (C=O) groups is 2. The molecule has 0 saturated heterocycles. The number of carbonyl (C=O) groups excluding carboxylic acids is 2. The van der Waals surface area contributed by atoms with E-state index in [2.05, 4.69) is 31.1 Å². The molecule has 8 aromatic rings. The predicted molar refractivity (Wildman–Crippen MR) is 284 cm³/mol. The van der Waals surface area contributed by atoms with Gasteiger partial charge in [-0.05, 0) is 120 Å². The molecular weight excluding hydrogens is 1080 g/mol. The predicted octanol–water partition coefficient (Wildman–Crippen LogP) is 12.0. The number of nitrogens with zero attached hydrogens (tertiary/aromatic N) is 4. The van der Waals surface area contributed by atoms with Gasteiger partial charge in [0.15, 0.2) is 5.75 Å². The van der Waals surface area contributed by atoms with E-state index in [0.717, 1.165) is 12.1 Å². The summed E-state index contributed by atoms with van der Waals surface area (Å²) in [5, 5.41) is 48.4. The molecule has 0 unspecified atom stereocenters. The van der Waals surface area contributed by atoms with Crippen LogP contribution in [0.25, 0.3) is 21.5 Å². The minimum absolute atomic E-state index is 0. The summed E-state index contributed by atoms with van der Waals surface area (Å²) in [6, 6.07) is 35.2. The first-order chi connectivity index (χ1) is 35.3. The third-order valence-corrected chi connectivity index (χ3v) is 14.2. The number of nitrogens with one attached hydrogen (secondary N) is 2. The van der Waals surface area contributed by atoms with Crippen LogP contribution in [-0.4, -0.2) is 94.8 Å². The van der Waals surface area contributed by atoms with Crippen molar-refractivity contribution in [1.82, 2.24) is 0 Å². The molecule has 4 N–H and O–H groups in total. The van der Waals surface area contributed by atoms with Gasteiger partial charge in [0.25, 0.3) is 21.9 Å². The summed E-state index contributed by atoms with van der Waals surface area (Å²) in [5.41, 5.74) is 1.87. The quantitative estimate of drug-likeness (QED) is 0.0449. The van der Waals surface area contributed by atoms with Crippen LogP contribution in [0, 0.1) is 0 Å². The SMILES string of the molecule is CCc1c(N=Nc2c(O)c(C(=O)Nc3ccc(OC)cc3)cc3ccccc23)ccc(S(=O)(=O)O)c1Cl.CCc1c(N=Nc2c([O-])c(C(=O)Nc3ccc(OC)cc3)cc3ccccc23)ccc(S(=O)(=O)[O-])c1Cl.[Ca+2]. The van der Waals surface area contributed by atoms with Gasteiger partial charge in [-0.25, -0.2) is 8.42 Å². The summed E-state index contributed by atoms with van der Waals surface area (Å²) in [6.07, 6.45) is 0.555. The fourth-order valence-electron chi connectivity index (χ4n) is 7.55. The molecule has 0 fully saturated rings. The van der Waals surface area contributed by atoms with Gasteiger partial charge >= 0.3 is 37.7 Å². The Morgan fingerprint density at radius 2 is 1.01 bits per heavy atom. The fraction of sp³-hybridized carbons (Fsp3) is 0.115. The molecule has 8 rings (SSSR count). The van der Waals surface area contributed by atoms with Gasteiger partial charge in [0.05, 0.1) is 51.8 Å². The third-order valence-electron chi connectivity index (χ3n) is 11.3. The number of phenols is 1. The molecule has 0 bridgehead atoms. The molecule has 0 saturated carbocycles. The molecule has 8 aromatic carbocycles. The summed E-state index contributed by atoms with van der Waals surface area (Å²) in [5.74, 6) is -0.961. The van der Waals surface area contributed by atoms with Crippen LogP contribution in [0.5, 0.6) is 23.0 Å². The van der Waals surface area contributed by atoms with E-state index in [1.807, 2.05) is 0 Å². The Morgan fingerprint density at radius 3 is 1.47 bits per heavy atom. The van der Waals surface area contributed by atoms with Crippen molar-refractivity contribution >= 4 is 149 Å². The monoisotopic (exact) mass is 1120 g/mol. The summed E-state index contributed by atoms with van der Waals surface area (Å²) in [6.45, 7) is 3.45. The maximum Gasteiger partial charge on any atom is 2.00 e. The number of azo groups is 2. The van der Waals surface area contributed by atoms with E-state index in [4.69, 9.17) is 32.7 Å². The number of halogens is 2.